The fourth-order valence-corrected chi connectivity index (χ4v) is 5.00. The lowest BCUT2D eigenvalue weighted by molar-refractivity contribution is -0.137. The van der Waals surface area contributed by atoms with Gasteiger partial charge < -0.3 is 19.9 Å². The summed E-state index contributed by atoms with van der Waals surface area (Å²) in [7, 11) is 0. The highest BCUT2D eigenvalue weighted by Crippen LogP contribution is 2.25. The first-order chi connectivity index (χ1) is 15.4. The second kappa shape index (κ2) is 9.65. The molecular weight excluding hydrogens is 426 g/mol. The molecule has 8 heteroatoms. The van der Waals surface area contributed by atoms with Gasteiger partial charge in [0.15, 0.2) is 6.61 Å². The number of ether oxygens (including phenoxy) is 1. The highest BCUT2D eigenvalue weighted by Gasteiger charge is 2.35. The van der Waals surface area contributed by atoms with Crippen molar-refractivity contribution in [1.29, 1.82) is 0 Å². The molecule has 7 nitrogen and oxygen atoms in total. The van der Waals surface area contributed by atoms with Gasteiger partial charge in [0.1, 0.15) is 11.8 Å². The number of thioether (sulfide) groups is 1. The summed E-state index contributed by atoms with van der Waals surface area (Å²) in [5.41, 5.74) is 3.83. The Labute approximate surface area is 192 Å². The van der Waals surface area contributed by atoms with E-state index < -0.39 is 6.04 Å². The highest BCUT2D eigenvalue weighted by molar-refractivity contribution is 7.99. The van der Waals surface area contributed by atoms with Crippen LogP contribution in [0.15, 0.2) is 42.5 Å². The third-order valence-electron chi connectivity index (χ3n) is 5.86. The van der Waals surface area contributed by atoms with Crippen molar-refractivity contribution in [3.63, 3.8) is 0 Å². The molecule has 1 N–H and O–H groups in total. The van der Waals surface area contributed by atoms with Crippen LogP contribution in [-0.4, -0.2) is 53.4 Å². The Morgan fingerprint density at radius 3 is 2.59 bits per heavy atom. The Balaban J connectivity index is 1.32. The van der Waals surface area contributed by atoms with Gasteiger partial charge >= 0.3 is 0 Å². The lowest BCUT2D eigenvalue weighted by Crippen LogP contribution is -2.46. The minimum Gasteiger partial charge on any atom is -0.484 e. The molecule has 0 spiro atoms. The van der Waals surface area contributed by atoms with Gasteiger partial charge in [-0.15, -0.1) is 11.8 Å². The Morgan fingerprint density at radius 2 is 1.91 bits per heavy atom. The largest absolute Gasteiger partial charge is 0.484 e. The molecule has 0 bridgehead atoms. The molecule has 2 aromatic carbocycles. The number of benzene rings is 2. The summed E-state index contributed by atoms with van der Waals surface area (Å²) < 4.78 is 5.66. The summed E-state index contributed by atoms with van der Waals surface area (Å²) in [6.07, 6.45) is 1.45. The summed E-state index contributed by atoms with van der Waals surface area (Å²) in [5.74, 6) is 1.28. The molecule has 2 aromatic rings. The van der Waals surface area contributed by atoms with Gasteiger partial charge in [-0.25, -0.2) is 0 Å². The zero-order chi connectivity index (χ0) is 22.7. The minimum atomic E-state index is -0.527. The number of carbonyl (C=O) groups is 3. The molecule has 0 aromatic heterocycles. The molecule has 2 saturated heterocycles. The predicted molar refractivity (Wildman–Crippen MR) is 126 cm³/mol. The van der Waals surface area contributed by atoms with Gasteiger partial charge in [0.25, 0.3) is 5.91 Å². The van der Waals surface area contributed by atoms with Crippen molar-refractivity contribution in [1.82, 2.24) is 4.90 Å². The normalized spacial score (nSPS) is 18.2. The topological polar surface area (TPSA) is 79.0 Å². The molecule has 2 aliphatic rings. The van der Waals surface area contributed by atoms with E-state index in [0.717, 1.165) is 35.5 Å². The smallest absolute Gasteiger partial charge is 0.261 e. The van der Waals surface area contributed by atoms with E-state index in [1.165, 1.54) is 0 Å². The third-order valence-corrected chi connectivity index (χ3v) is 6.88. The van der Waals surface area contributed by atoms with Crippen molar-refractivity contribution < 1.29 is 19.1 Å². The number of aryl methyl sites for hydroxylation is 2. The summed E-state index contributed by atoms with van der Waals surface area (Å²) in [5, 5.41) is 2.93. The van der Waals surface area contributed by atoms with Gasteiger partial charge in [-0.2, -0.15) is 0 Å². The molecule has 2 heterocycles. The van der Waals surface area contributed by atoms with Gasteiger partial charge in [0, 0.05) is 30.1 Å². The molecule has 0 radical (unpaired) electrons. The van der Waals surface area contributed by atoms with Gasteiger partial charge in [0.05, 0.1) is 5.88 Å². The lowest BCUT2D eigenvalue weighted by Gasteiger charge is -2.23. The number of nitrogens with zero attached hydrogens (tertiary/aromatic N) is 2. The number of amides is 3. The van der Waals surface area contributed by atoms with Crippen LogP contribution in [0.2, 0.25) is 0 Å². The van der Waals surface area contributed by atoms with Crippen molar-refractivity contribution in [2.45, 2.75) is 32.7 Å². The van der Waals surface area contributed by atoms with Gasteiger partial charge in [-0.3, -0.25) is 14.4 Å². The highest BCUT2D eigenvalue weighted by atomic mass is 32.2. The summed E-state index contributed by atoms with van der Waals surface area (Å²) in [4.78, 5) is 40.7. The second-order valence-corrected chi connectivity index (χ2v) is 9.10. The zero-order valence-electron chi connectivity index (χ0n) is 18.3. The standard InChI is InChI=1S/C24H27N3O4S/c1-16-5-6-18(12-17(16)2)25-24(30)21-14-32-15-27(21)23(29)13-31-20-9-7-19(8-10-20)26-11-3-4-22(26)28/h5-10,12,21H,3-4,11,13-15H2,1-2H3,(H,25,30). The number of rotatable bonds is 6. The molecule has 0 saturated carbocycles. The van der Waals surface area contributed by atoms with E-state index in [1.807, 2.05) is 44.2 Å². The SMILES string of the molecule is Cc1ccc(NC(=O)C2CSCN2C(=O)COc2ccc(N3CCCC3=O)cc2)cc1C. The Morgan fingerprint density at radius 1 is 1.12 bits per heavy atom. The molecule has 4 rings (SSSR count). The van der Waals surface area contributed by atoms with Crippen molar-refractivity contribution in [2.24, 2.45) is 0 Å². The number of nitrogens with one attached hydrogen (secondary N) is 1. The second-order valence-electron chi connectivity index (χ2n) is 8.10. The molecule has 168 valence electrons. The average Bonchev–Trinajstić information content (AvgIpc) is 3.44. The lowest BCUT2D eigenvalue weighted by atomic mass is 10.1. The van der Waals surface area contributed by atoms with Crippen LogP contribution in [0.25, 0.3) is 0 Å². The number of hydrogen-bond acceptors (Lipinski definition) is 5. The van der Waals surface area contributed by atoms with E-state index in [0.29, 0.717) is 23.8 Å². The van der Waals surface area contributed by atoms with Gasteiger partial charge in [-0.1, -0.05) is 6.07 Å². The molecule has 0 aliphatic carbocycles. The monoisotopic (exact) mass is 453 g/mol. The predicted octanol–water partition coefficient (Wildman–Crippen LogP) is 3.35. The molecular formula is C24H27N3O4S. The molecule has 1 atom stereocenters. The molecule has 32 heavy (non-hydrogen) atoms. The van der Waals surface area contributed by atoms with E-state index in [-0.39, 0.29) is 24.3 Å². The van der Waals surface area contributed by atoms with E-state index in [9.17, 15) is 14.4 Å². The fraction of sp³-hybridized carbons (Fsp3) is 0.375. The van der Waals surface area contributed by atoms with E-state index in [4.69, 9.17) is 4.74 Å². The van der Waals surface area contributed by atoms with Crippen molar-refractivity contribution >= 4 is 40.9 Å². The van der Waals surface area contributed by atoms with Gasteiger partial charge in [-0.05, 0) is 67.8 Å². The van der Waals surface area contributed by atoms with Crippen LogP contribution in [0.3, 0.4) is 0 Å². The maximum absolute atomic E-state index is 12.8. The number of hydrogen-bond donors (Lipinski definition) is 1. The van der Waals surface area contributed by atoms with Crippen molar-refractivity contribution in [2.75, 3.05) is 35.0 Å². The summed E-state index contributed by atoms with van der Waals surface area (Å²) in [6, 6.07) is 12.4. The Hall–Kier alpha value is -3.00. The van der Waals surface area contributed by atoms with Gasteiger partial charge in [0.2, 0.25) is 11.8 Å². The molecule has 1 unspecified atom stereocenters. The third kappa shape index (κ3) is 4.91. The van der Waals surface area contributed by atoms with Crippen LogP contribution in [0.5, 0.6) is 5.75 Å². The first kappa shape index (κ1) is 22.2. The maximum atomic E-state index is 12.8. The number of anilines is 2. The van der Waals surface area contributed by atoms with Crippen LogP contribution < -0.4 is 15.0 Å². The van der Waals surface area contributed by atoms with Crippen LogP contribution >= 0.6 is 11.8 Å². The number of carbonyl (C=O) groups excluding carboxylic acids is 3. The fourth-order valence-electron chi connectivity index (χ4n) is 3.82. The first-order valence-electron chi connectivity index (χ1n) is 10.7. The Bertz CT molecular complexity index is 1020. The summed E-state index contributed by atoms with van der Waals surface area (Å²) in [6.45, 7) is 4.61. The Kier molecular flexibility index (Phi) is 6.69. The maximum Gasteiger partial charge on any atom is 0.261 e. The van der Waals surface area contributed by atoms with E-state index in [2.05, 4.69) is 5.32 Å². The van der Waals surface area contributed by atoms with Crippen LogP contribution in [0.1, 0.15) is 24.0 Å². The van der Waals surface area contributed by atoms with Crippen LogP contribution in [0.4, 0.5) is 11.4 Å². The summed E-state index contributed by atoms with van der Waals surface area (Å²) >= 11 is 1.55. The van der Waals surface area contributed by atoms with Crippen molar-refractivity contribution in [3.8, 4) is 5.75 Å². The quantitative estimate of drug-likeness (QED) is 0.726. The van der Waals surface area contributed by atoms with E-state index >= 15 is 0 Å². The first-order valence-corrected chi connectivity index (χ1v) is 11.9. The molecule has 2 fully saturated rings. The van der Waals surface area contributed by atoms with Crippen LogP contribution in [0, 0.1) is 13.8 Å². The van der Waals surface area contributed by atoms with E-state index in [1.54, 1.807) is 33.7 Å². The minimum absolute atomic E-state index is 0.130. The average molecular weight is 454 g/mol. The van der Waals surface area contributed by atoms with Crippen LogP contribution in [-0.2, 0) is 14.4 Å². The molecule has 3 amide bonds. The molecule has 2 aliphatic heterocycles. The van der Waals surface area contributed by atoms with Crippen molar-refractivity contribution in [3.05, 3.63) is 53.6 Å². The zero-order valence-corrected chi connectivity index (χ0v) is 19.1.